The lowest BCUT2D eigenvalue weighted by Gasteiger charge is -2.33. The van der Waals surface area contributed by atoms with Gasteiger partial charge in [-0.25, -0.2) is 12.8 Å². The molecule has 0 aromatic heterocycles. The van der Waals surface area contributed by atoms with E-state index in [0.29, 0.717) is 17.4 Å². The molecule has 1 fully saturated rings. The molecule has 1 saturated carbocycles. The highest BCUT2D eigenvalue weighted by Gasteiger charge is 2.21. The Morgan fingerprint density at radius 1 is 1.13 bits per heavy atom. The molecule has 0 aliphatic heterocycles. The Balaban J connectivity index is 1.67. The third-order valence-corrected chi connectivity index (χ3v) is 7.43. The highest BCUT2D eigenvalue weighted by Crippen LogP contribution is 2.29. The maximum Gasteiger partial charge on any atom is 0.255 e. The van der Waals surface area contributed by atoms with Crippen LogP contribution in [0.3, 0.4) is 0 Å². The molecule has 6 nitrogen and oxygen atoms in total. The van der Waals surface area contributed by atoms with Crippen LogP contribution in [0.25, 0.3) is 0 Å². The molecule has 1 aliphatic carbocycles. The lowest BCUT2D eigenvalue weighted by atomic mass is 9.94. The largest absolute Gasteiger partial charge is 0.384 e. The van der Waals surface area contributed by atoms with Crippen LogP contribution in [0.5, 0.6) is 0 Å². The summed E-state index contributed by atoms with van der Waals surface area (Å²) < 4.78 is 43.9. The first kappa shape index (κ1) is 23.2. The molecule has 3 rings (SSSR count). The van der Waals surface area contributed by atoms with Crippen LogP contribution in [0, 0.1) is 5.82 Å². The van der Waals surface area contributed by atoms with Crippen LogP contribution >= 0.6 is 0 Å². The number of sulfone groups is 1. The van der Waals surface area contributed by atoms with Crippen LogP contribution in [0.4, 0.5) is 15.8 Å². The maximum atomic E-state index is 14.7. The molecule has 0 heterocycles. The summed E-state index contributed by atoms with van der Waals surface area (Å²) in [4.78, 5) is 14.6. The zero-order chi connectivity index (χ0) is 22.4. The zero-order valence-corrected chi connectivity index (χ0v) is 18.8. The van der Waals surface area contributed by atoms with Gasteiger partial charge in [-0.15, -0.1) is 0 Å². The molecule has 0 spiro atoms. The summed E-state index contributed by atoms with van der Waals surface area (Å²) in [6, 6.07) is 10.7. The second-order valence-corrected chi connectivity index (χ2v) is 9.97. The molecule has 2 aromatic rings. The summed E-state index contributed by atoms with van der Waals surface area (Å²) >= 11 is 0. The van der Waals surface area contributed by atoms with Crippen molar-refractivity contribution in [3.8, 4) is 0 Å². The number of amides is 1. The van der Waals surface area contributed by atoms with Crippen molar-refractivity contribution in [3.05, 3.63) is 53.8 Å². The number of anilines is 2. The number of ether oxygens (including phenoxy) is 1. The van der Waals surface area contributed by atoms with Crippen LogP contribution < -0.4 is 10.2 Å². The van der Waals surface area contributed by atoms with Gasteiger partial charge in [-0.1, -0.05) is 19.3 Å². The van der Waals surface area contributed by atoms with Gasteiger partial charge in [0, 0.05) is 31.5 Å². The first-order valence-corrected chi connectivity index (χ1v) is 12.1. The van der Waals surface area contributed by atoms with Crippen molar-refractivity contribution in [2.75, 3.05) is 36.7 Å². The fourth-order valence-corrected chi connectivity index (χ4v) is 5.04. The van der Waals surface area contributed by atoms with Gasteiger partial charge in [0.1, 0.15) is 5.82 Å². The molecule has 1 N–H and O–H groups in total. The van der Waals surface area contributed by atoms with E-state index in [9.17, 15) is 17.6 Å². The number of nitrogens with zero attached hydrogens (tertiary/aromatic N) is 1. The molecule has 8 heteroatoms. The number of halogens is 1. The van der Waals surface area contributed by atoms with E-state index in [-0.39, 0.29) is 28.6 Å². The summed E-state index contributed by atoms with van der Waals surface area (Å²) in [6.45, 7) is 0.0993. The Labute approximate surface area is 183 Å². The molecular weight excluding hydrogens is 419 g/mol. The lowest BCUT2D eigenvalue weighted by molar-refractivity contribution is 0.102. The molecule has 2 aromatic carbocycles. The third-order valence-electron chi connectivity index (χ3n) is 5.74. The molecule has 1 amide bonds. The maximum absolute atomic E-state index is 14.7. The Kier molecular flexibility index (Phi) is 7.67. The van der Waals surface area contributed by atoms with E-state index in [4.69, 9.17) is 4.74 Å². The average molecular weight is 449 g/mol. The standard InChI is InChI=1S/C23H29FN2O4S/c1-26(19-6-4-3-5-7-19)22-13-10-18(16-21(22)24)25-23(27)17-8-11-20(12-9-17)31(28,29)15-14-30-2/h8-13,16,19H,3-7,14-15H2,1-2H3,(H,25,27). The minimum atomic E-state index is -3.46. The van der Waals surface area contributed by atoms with Gasteiger partial charge in [-0.05, 0) is 55.3 Å². The fraction of sp³-hybridized carbons (Fsp3) is 0.435. The number of hydrogen-bond donors (Lipinski definition) is 1. The predicted octanol–water partition coefficient (Wildman–Crippen LogP) is 4.27. The Morgan fingerprint density at radius 2 is 1.81 bits per heavy atom. The van der Waals surface area contributed by atoms with E-state index in [2.05, 4.69) is 5.32 Å². The predicted molar refractivity (Wildman–Crippen MR) is 120 cm³/mol. The number of nitrogens with one attached hydrogen (secondary N) is 1. The quantitative estimate of drug-likeness (QED) is 0.653. The van der Waals surface area contributed by atoms with Gasteiger partial charge in [-0.2, -0.15) is 0 Å². The van der Waals surface area contributed by atoms with Crippen molar-refractivity contribution >= 4 is 27.1 Å². The van der Waals surface area contributed by atoms with Gasteiger partial charge >= 0.3 is 0 Å². The number of carbonyl (C=O) groups excluding carboxylic acids is 1. The van der Waals surface area contributed by atoms with Gasteiger partial charge in [0.25, 0.3) is 5.91 Å². The van der Waals surface area contributed by atoms with Gasteiger partial charge in [0.05, 0.1) is 22.9 Å². The molecular formula is C23H29FN2O4S. The summed E-state index contributed by atoms with van der Waals surface area (Å²) in [6.07, 6.45) is 5.68. The monoisotopic (exact) mass is 448 g/mol. The Morgan fingerprint density at radius 3 is 2.42 bits per heavy atom. The highest BCUT2D eigenvalue weighted by atomic mass is 32.2. The molecule has 0 radical (unpaired) electrons. The normalized spacial score (nSPS) is 14.9. The van der Waals surface area contributed by atoms with Crippen molar-refractivity contribution in [2.45, 2.75) is 43.0 Å². The third kappa shape index (κ3) is 5.83. The van der Waals surface area contributed by atoms with E-state index in [1.165, 1.54) is 43.9 Å². The molecule has 31 heavy (non-hydrogen) atoms. The van der Waals surface area contributed by atoms with Crippen LogP contribution in [0.2, 0.25) is 0 Å². The second-order valence-electron chi connectivity index (χ2n) is 7.86. The molecule has 0 saturated heterocycles. The fourth-order valence-electron chi connectivity index (χ4n) is 3.86. The number of rotatable bonds is 8. The van der Waals surface area contributed by atoms with Crippen molar-refractivity contribution in [1.29, 1.82) is 0 Å². The van der Waals surface area contributed by atoms with E-state index < -0.39 is 15.7 Å². The smallest absolute Gasteiger partial charge is 0.255 e. The molecule has 0 atom stereocenters. The van der Waals surface area contributed by atoms with Crippen molar-refractivity contribution in [1.82, 2.24) is 0 Å². The van der Waals surface area contributed by atoms with Crippen molar-refractivity contribution < 1.29 is 22.3 Å². The van der Waals surface area contributed by atoms with Crippen molar-refractivity contribution in [3.63, 3.8) is 0 Å². The van der Waals surface area contributed by atoms with E-state index in [0.717, 1.165) is 25.7 Å². The SMILES string of the molecule is COCCS(=O)(=O)c1ccc(C(=O)Nc2ccc(N(C)C3CCCCC3)c(F)c2)cc1. The number of methoxy groups -OCH3 is 1. The van der Waals surface area contributed by atoms with E-state index >= 15 is 0 Å². The minimum absolute atomic E-state index is 0.0993. The molecule has 168 valence electrons. The summed E-state index contributed by atoms with van der Waals surface area (Å²) in [5, 5.41) is 2.67. The second kappa shape index (κ2) is 10.2. The van der Waals surface area contributed by atoms with Crippen LogP contribution in [0.15, 0.2) is 47.4 Å². The average Bonchev–Trinajstić information content (AvgIpc) is 2.78. The molecule has 1 aliphatic rings. The van der Waals surface area contributed by atoms with Crippen LogP contribution in [0.1, 0.15) is 42.5 Å². The van der Waals surface area contributed by atoms with Gasteiger partial charge in [0.2, 0.25) is 0 Å². The first-order chi connectivity index (χ1) is 14.8. The van der Waals surface area contributed by atoms with Crippen molar-refractivity contribution in [2.24, 2.45) is 0 Å². The lowest BCUT2D eigenvalue weighted by Crippen LogP contribution is -2.33. The van der Waals surface area contributed by atoms with Gasteiger partial charge in [-0.3, -0.25) is 4.79 Å². The molecule has 0 bridgehead atoms. The number of benzene rings is 2. The topological polar surface area (TPSA) is 75.7 Å². The number of hydrogen-bond acceptors (Lipinski definition) is 5. The molecule has 0 unspecified atom stereocenters. The van der Waals surface area contributed by atoms with E-state index in [1.54, 1.807) is 12.1 Å². The summed E-state index contributed by atoms with van der Waals surface area (Å²) in [7, 11) is -0.114. The van der Waals surface area contributed by atoms with Crippen LogP contribution in [-0.4, -0.2) is 46.9 Å². The summed E-state index contributed by atoms with van der Waals surface area (Å²) in [5.41, 5.74) is 1.16. The van der Waals surface area contributed by atoms with Gasteiger partial charge < -0.3 is 15.0 Å². The highest BCUT2D eigenvalue weighted by molar-refractivity contribution is 7.91. The minimum Gasteiger partial charge on any atom is -0.384 e. The Hall–Kier alpha value is -2.45. The van der Waals surface area contributed by atoms with E-state index in [1.807, 2.05) is 11.9 Å². The first-order valence-electron chi connectivity index (χ1n) is 10.5. The zero-order valence-electron chi connectivity index (χ0n) is 17.9. The van der Waals surface area contributed by atoms with Crippen LogP contribution in [-0.2, 0) is 14.6 Å². The number of carbonyl (C=O) groups is 1. The Bertz CT molecular complexity index is 1000. The summed E-state index contributed by atoms with van der Waals surface area (Å²) in [5.74, 6) is -0.949. The van der Waals surface area contributed by atoms with Gasteiger partial charge in [0.15, 0.2) is 9.84 Å².